The van der Waals surface area contributed by atoms with Crippen molar-refractivity contribution in [3.63, 3.8) is 0 Å². The van der Waals surface area contributed by atoms with E-state index in [1.54, 1.807) is 52.0 Å². The van der Waals surface area contributed by atoms with Crippen molar-refractivity contribution in [3.05, 3.63) is 114 Å². The van der Waals surface area contributed by atoms with Gasteiger partial charge in [0.05, 0.1) is 28.4 Å². The smallest absolute Gasteiger partial charge is 0.341 e. The Bertz CT molecular complexity index is 2060. The minimum Gasteiger partial charge on any atom is -0.495 e. The van der Waals surface area contributed by atoms with Crippen LogP contribution >= 0.6 is 0 Å². The SMILES string of the molecule is COC(=O)c1cc2c(c(-c3c(OC)c(C(=O)OC)cc4c3C(=O)c3cc(C)c(C)cc3C4=O)c1OC)C(=O)c1cc(C)c(C)cc1C2=O. The van der Waals surface area contributed by atoms with Crippen LogP contribution in [-0.2, 0) is 9.47 Å². The van der Waals surface area contributed by atoms with E-state index in [4.69, 9.17) is 18.9 Å². The molecule has 48 heavy (non-hydrogen) atoms. The van der Waals surface area contributed by atoms with Gasteiger partial charge in [-0.05, 0) is 86.3 Å². The van der Waals surface area contributed by atoms with Gasteiger partial charge in [0.2, 0.25) is 0 Å². The Morgan fingerprint density at radius 2 is 0.708 bits per heavy atom. The van der Waals surface area contributed by atoms with Crippen LogP contribution in [0.4, 0.5) is 0 Å². The summed E-state index contributed by atoms with van der Waals surface area (Å²) in [5.74, 6) is -4.61. The molecule has 10 nitrogen and oxygen atoms in total. The van der Waals surface area contributed by atoms with Crippen molar-refractivity contribution in [3.8, 4) is 22.6 Å². The van der Waals surface area contributed by atoms with E-state index in [1.165, 1.54) is 26.4 Å². The maximum absolute atomic E-state index is 14.6. The first-order valence-electron chi connectivity index (χ1n) is 14.9. The fourth-order valence-electron chi connectivity index (χ4n) is 6.53. The number of carbonyl (C=O) groups excluding carboxylic acids is 6. The summed E-state index contributed by atoms with van der Waals surface area (Å²) in [5, 5.41) is 0. The maximum atomic E-state index is 14.6. The number of ketones is 4. The molecule has 10 heteroatoms. The van der Waals surface area contributed by atoms with Crippen molar-refractivity contribution in [1.82, 2.24) is 0 Å². The van der Waals surface area contributed by atoms with Crippen molar-refractivity contribution in [2.45, 2.75) is 27.7 Å². The van der Waals surface area contributed by atoms with Gasteiger partial charge in [0.1, 0.15) is 22.6 Å². The molecule has 4 aromatic rings. The molecule has 2 aliphatic rings. The van der Waals surface area contributed by atoms with Crippen LogP contribution in [0.25, 0.3) is 11.1 Å². The zero-order valence-electron chi connectivity index (χ0n) is 27.5. The molecule has 2 aliphatic carbocycles. The van der Waals surface area contributed by atoms with Crippen LogP contribution in [0.1, 0.15) is 107 Å². The molecular weight excluding hydrogens is 616 g/mol. The zero-order valence-corrected chi connectivity index (χ0v) is 27.5. The standard InChI is InChI=1S/C38H30O10/c1-15-9-19-21(11-17(15)3)33(41)27-23(31(19)39)13-25(37(43)47-7)35(45-5)29(27)30-28-24(14-26(36(30)46-6)38(44)48-8)32(40)20-10-16(2)18(4)12-22(20)34(28)42/h9-14H,1-8H3. The Balaban J connectivity index is 1.86. The van der Waals surface area contributed by atoms with E-state index in [0.29, 0.717) is 0 Å². The largest absolute Gasteiger partial charge is 0.495 e. The molecule has 0 amide bonds. The predicted molar refractivity (Wildman–Crippen MR) is 173 cm³/mol. The zero-order chi connectivity index (χ0) is 34.9. The molecule has 0 saturated carbocycles. The second kappa shape index (κ2) is 11.4. The van der Waals surface area contributed by atoms with Crippen molar-refractivity contribution in [2.75, 3.05) is 28.4 Å². The number of carbonyl (C=O) groups is 6. The number of ether oxygens (including phenoxy) is 4. The Morgan fingerprint density at radius 3 is 0.979 bits per heavy atom. The third kappa shape index (κ3) is 4.40. The second-order valence-electron chi connectivity index (χ2n) is 11.8. The van der Waals surface area contributed by atoms with Gasteiger partial charge in [-0.25, -0.2) is 9.59 Å². The van der Waals surface area contributed by atoms with E-state index in [0.717, 1.165) is 36.5 Å². The lowest BCUT2D eigenvalue weighted by Crippen LogP contribution is -2.27. The molecule has 4 aromatic carbocycles. The van der Waals surface area contributed by atoms with E-state index in [2.05, 4.69) is 0 Å². The fourth-order valence-corrected chi connectivity index (χ4v) is 6.53. The molecule has 6 rings (SSSR count). The maximum Gasteiger partial charge on any atom is 0.341 e. The number of rotatable bonds is 5. The van der Waals surface area contributed by atoms with E-state index >= 15 is 0 Å². The molecule has 0 aliphatic heterocycles. The van der Waals surface area contributed by atoms with Crippen LogP contribution in [0.2, 0.25) is 0 Å². The van der Waals surface area contributed by atoms with Crippen molar-refractivity contribution < 1.29 is 47.7 Å². The minimum atomic E-state index is -0.905. The van der Waals surface area contributed by atoms with E-state index in [-0.39, 0.29) is 78.3 Å². The monoisotopic (exact) mass is 646 g/mol. The molecular formula is C38H30O10. The quantitative estimate of drug-likeness (QED) is 0.213. The molecule has 0 atom stereocenters. The van der Waals surface area contributed by atoms with Gasteiger partial charge in [0.15, 0.2) is 23.1 Å². The summed E-state index contributed by atoms with van der Waals surface area (Å²) in [6.07, 6.45) is 0. The third-order valence-corrected chi connectivity index (χ3v) is 9.22. The highest BCUT2D eigenvalue weighted by Crippen LogP contribution is 2.51. The fraction of sp³-hybridized carbons (Fsp3) is 0.211. The van der Waals surface area contributed by atoms with Gasteiger partial charge in [-0.3, -0.25) is 19.2 Å². The number of esters is 2. The van der Waals surface area contributed by atoms with Gasteiger partial charge in [-0.2, -0.15) is 0 Å². The summed E-state index contributed by atoms with van der Waals surface area (Å²) >= 11 is 0. The lowest BCUT2D eigenvalue weighted by molar-refractivity contribution is 0.0587. The predicted octanol–water partition coefficient (Wildman–Crippen LogP) is 5.73. The lowest BCUT2D eigenvalue weighted by atomic mass is 9.73. The number of benzene rings is 4. The topological polar surface area (TPSA) is 139 Å². The van der Waals surface area contributed by atoms with Gasteiger partial charge in [-0.15, -0.1) is 0 Å². The molecule has 0 aromatic heterocycles. The highest BCUT2D eigenvalue weighted by molar-refractivity contribution is 6.35. The number of aryl methyl sites for hydroxylation is 4. The Hall–Kier alpha value is -5.90. The average Bonchev–Trinajstić information content (AvgIpc) is 3.08. The summed E-state index contributed by atoms with van der Waals surface area (Å²) in [4.78, 5) is 84.2. The summed E-state index contributed by atoms with van der Waals surface area (Å²) in [6.45, 7) is 7.22. The Labute approximate surface area is 275 Å². The van der Waals surface area contributed by atoms with Crippen LogP contribution in [0, 0.1) is 27.7 Å². The number of methoxy groups -OCH3 is 4. The molecule has 0 spiro atoms. The molecule has 0 heterocycles. The highest BCUT2D eigenvalue weighted by atomic mass is 16.5. The first kappa shape index (κ1) is 32.1. The van der Waals surface area contributed by atoms with Crippen LogP contribution in [0.3, 0.4) is 0 Å². The van der Waals surface area contributed by atoms with Crippen LogP contribution < -0.4 is 9.47 Å². The van der Waals surface area contributed by atoms with Gasteiger partial charge in [0, 0.05) is 55.6 Å². The average molecular weight is 647 g/mol. The van der Waals surface area contributed by atoms with Gasteiger partial charge >= 0.3 is 11.9 Å². The van der Waals surface area contributed by atoms with Crippen LogP contribution in [-0.4, -0.2) is 63.5 Å². The molecule has 242 valence electrons. The minimum absolute atomic E-state index is 0.0977. The van der Waals surface area contributed by atoms with Gasteiger partial charge < -0.3 is 18.9 Å². The first-order valence-corrected chi connectivity index (χ1v) is 14.9. The summed E-state index contributed by atoms with van der Waals surface area (Å²) in [5.41, 5.74) is 1.94. The molecule has 0 saturated heterocycles. The van der Waals surface area contributed by atoms with E-state index in [1.807, 2.05) is 0 Å². The number of hydrogen-bond acceptors (Lipinski definition) is 10. The van der Waals surface area contributed by atoms with Crippen molar-refractivity contribution >= 4 is 35.1 Å². The third-order valence-electron chi connectivity index (χ3n) is 9.22. The Morgan fingerprint density at radius 1 is 0.417 bits per heavy atom. The van der Waals surface area contributed by atoms with Crippen LogP contribution in [0.5, 0.6) is 11.5 Å². The molecule has 0 fully saturated rings. The van der Waals surface area contributed by atoms with Gasteiger partial charge in [0.25, 0.3) is 0 Å². The van der Waals surface area contributed by atoms with E-state index in [9.17, 15) is 28.8 Å². The summed E-state index contributed by atoms with van der Waals surface area (Å²) in [7, 11) is 4.76. The number of hydrogen-bond donors (Lipinski definition) is 0. The lowest BCUT2D eigenvalue weighted by Gasteiger charge is -2.29. The van der Waals surface area contributed by atoms with Crippen molar-refractivity contribution in [2.24, 2.45) is 0 Å². The van der Waals surface area contributed by atoms with E-state index < -0.39 is 35.1 Å². The first-order chi connectivity index (χ1) is 22.8. The molecule has 0 bridgehead atoms. The van der Waals surface area contributed by atoms with Crippen molar-refractivity contribution in [1.29, 1.82) is 0 Å². The molecule has 0 N–H and O–H groups in total. The Kier molecular flexibility index (Phi) is 7.62. The normalized spacial score (nSPS) is 12.9. The highest BCUT2D eigenvalue weighted by Gasteiger charge is 2.42. The summed E-state index contributed by atoms with van der Waals surface area (Å²) in [6, 6.07) is 8.87. The summed E-state index contributed by atoms with van der Waals surface area (Å²) < 4.78 is 21.7. The number of fused-ring (bicyclic) bond motifs is 4. The van der Waals surface area contributed by atoms with Crippen LogP contribution in [0.15, 0.2) is 36.4 Å². The molecule has 0 radical (unpaired) electrons. The second-order valence-corrected chi connectivity index (χ2v) is 11.8. The van der Waals surface area contributed by atoms with Gasteiger partial charge in [-0.1, -0.05) is 0 Å². The molecule has 0 unspecified atom stereocenters.